The summed E-state index contributed by atoms with van der Waals surface area (Å²) in [5.74, 6) is 6.19. The van der Waals surface area contributed by atoms with Gasteiger partial charge in [-0.1, -0.05) is 11.8 Å². The summed E-state index contributed by atoms with van der Waals surface area (Å²) in [5.41, 5.74) is 1.04. The summed E-state index contributed by atoms with van der Waals surface area (Å²) in [4.78, 5) is 3.70. The van der Waals surface area contributed by atoms with E-state index in [1.807, 2.05) is 6.07 Å². The summed E-state index contributed by atoms with van der Waals surface area (Å²) in [5, 5.41) is 19.9. The van der Waals surface area contributed by atoms with E-state index in [1.165, 1.54) is 4.88 Å². The van der Waals surface area contributed by atoms with Crippen LogP contribution in [0.25, 0.3) is 0 Å². The van der Waals surface area contributed by atoms with E-state index in [9.17, 15) is 0 Å². The number of hydrogen-bond donors (Lipinski definition) is 2. The molecule has 18 heavy (non-hydrogen) atoms. The zero-order valence-corrected chi connectivity index (χ0v) is 11.2. The van der Waals surface area contributed by atoms with Gasteiger partial charge in [0, 0.05) is 23.6 Å². The molecule has 2 rings (SSSR count). The molecule has 1 saturated heterocycles. The van der Waals surface area contributed by atoms with Gasteiger partial charge in [-0.2, -0.15) is 0 Å². The Morgan fingerprint density at radius 3 is 2.78 bits per heavy atom. The second kappa shape index (κ2) is 6.91. The summed E-state index contributed by atoms with van der Waals surface area (Å²) >= 11 is 1.73. The Bertz CT molecular complexity index is 424. The quantitative estimate of drug-likeness (QED) is 0.810. The summed E-state index contributed by atoms with van der Waals surface area (Å²) in [6, 6.07) is 2.02. The van der Waals surface area contributed by atoms with Crippen molar-refractivity contribution >= 4 is 11.3 Å². The Morgan fingerprint density at radius 2 is 2.11 bits per heavy atom. The fourth-order valence-corrected chi connectivity index (χ4v) is 3.11. The molecular formula is C14H19NO2S. The van der Waals surface area contributed by atoms with Crippen LogP contribution in [0.2, 0.25) is 0 Å². The molecular weight excluding hydrogens is 246 g/mol. The molecule has 1 aromatic heterocycles. The highest BCUT2D eigenvalue weighted by Crippen LogP contribution is 2.22. The van der Waals surface area contributed by atoms with Crippen LogP contribution in [0.5, 0.6) is 0 Å². The zero-order valence-electron chi connectivity index (χ0n) is 10.4. The highest BCUT2D eigenvalue weighted by Gasteiger charge is 2.19. The van der Waals surface area contributed by atoms with Gasteiger partial charge in [0.25, 0.3) is 0 Å². The maximum absolute atomic E-state index is 9.12. The Labute approximate surface area is 112 Å². The van der Waals surface area contributed by atoms with Crippen molar-refractivity contribution in [2.45, 2.75) is 19.4 Å². The number of thiophene rings is 1. The van der Waals surface area contributed by atoms with Crippen molar-refractivity contribution in [2.24, 2.45) is 5.92 Å². The third-order valence-corrected chi connectivity index (χ3v) is 4.29. The predicted octanol–water partition coefficient (Wildman–Crippen LogP) is 1.30. The molecule has 1 aromatic rings. The standard InChI is InChI=1S/C14H19NO2S/c16-8-1-2-13-5-9-18-14(13)10-15-6-3-12(11-17)4-7-15/h5,9,12,16-17H,3-4,6-8,10-11H2. The average Bonchev–Trinajstić information content (AvgIpc) is 2.84. The molecule has 0 radical (unpaired) electrons. The van der Waals surface area contributed by atoms with Crippen molar-refractivity contribution < 1.29 is 10.2 Å². The largest absolute Gasteiger partial charge is 0.396 e. The number of aliphatic hydroxyl groups is 2. The molecule has 3 nitrogen and oxygen atoms in total. The van der Waals surface area contributed by atoms with Gasteiger partial charge in [0.2, 0.25) is 0 Å². The molecule has 2 heterocycles. The monoisotopic (exact) mass is 265 g/mol. The van der Waals surface area contributed by atoms with Gasteiger partial charge in [-0.3, -0.25) is 4.90 Å². The summed E-state index contributed by atoms with van der Waals surface area (Å²) in [6.07, 6.45) is 2.17. The van der Waals surface area contributed by atoms with E-state index in [-0.39, 0.29) is 6.61 Å². The third-order valence-electron chi connectivity index (χ3n) is 3.38. The topological polar surface area (TPSA) is 43.7 Å². The van der Waals surface area contributed by atoms with Crippen LogP contribution in [0.3, 0.4) is 0 Å². The molecule has 0 amide bonds. The minimum absolute atomic E-state index is 0.0861. The van der Waals surface area contributed by atoms with E-state index in [0.29, 0.717) is 12.5 Å². The molecule has 0 bridgehead atoms. The lowest BCUT2D eigenvalue weighted by Crippen LogP contribution is -2.34. The van der Waals surface area contributed by atoms with E-state index in [0.717, 1.165) is 38.0 Å². The molecule has 1 aliphatic heterocycles. The number of hydrogen-bond acceptors (Lipinski definition) is 4. The number of likely N-dealkylation sites (tertiary alicyclic amines) is 1. The van der Waals surface area contributed by atoms with Gasteiger partial charge >= 0.3 is 0 Å². The van der Waals surface area contributed by atoms with E-state index in [4.69, 9.17) is 10.2 Å². The summed E-state index contributed by atoms with van der Waals surface area (Å²) < 4.78 is 0. The van der Waals surface area contributed by atoms with Crippen molar-refractivity contribution in [3.8, 4) is 11.8 Å². The first kappa shape index (κ1) is 13.6. The lowest BCUT2D eigenvalue weighted by Gasteiger charge is -2.30. The third kappa shape index (κ3) is 3.56. The molecule has 0 atom stereocenters. The van der Waals surface area contributed by atoms with Gasteiger partial charge in [0.15, 0.2) is 0 Å². The van der Waals surface area contributed by atoms with Crippen LogP contribution in [-0.4, -0.2) is 41.4 Å². The first-order valence-corrected chi connectivity index (χ1v) is 7.20. The maximum Gasteiger partial charge on any atom is 0.104 e. The predicted molar refractivity (Wildman–Crippen MR) is 73.4 cm³/mol. The number of aliphatic hydroxyl groups excluding tert-OH is 2. The number of piperidine rings is 1. The Kier molecular flexibility index (Phi) is 5.21. The van der Waals surface area contributed by atoms with Gasteiger partial charge in [0.05, 0.1) is 0 Å². The van der Waals surface area contributed by atoms with Gasteiger partial charge in [0.1, 0.15) is 6.61 Å². The van der Waals surface area contributed by atoms with E-state index >= 15 is 0 Å². The molecule has 0 aromatic carbocycles. The average molecular weight is 265 g/mol. The molecule has 98 valence electrons. The molecule has 0 spiro atoms. The fourth-order valence-electron chi connectivity index (χ4n) is 2.24. The van der Waals surface area contributed by atoms with E-state index < -0.39 is 0 Å². The lowest BCUT2D eigenvalue weighted by molar-refractivity contribution is 0.128. The van der Waals surface area contributed by atoms with Crippen LogP contribution in [-0.2, 0) is 6.54 Å². The Balaban J connectivity index is 1.92. The van der Waals surface area contributed by atoms with E-state index in [2.05, 4.69) is 22.1 Å². The Morgan fingerprint density at radius 1 is 1.33 bits per heavy atom. The normalized spacial score (nSPS) is 17.4. The minimum Gasteiger partial charge on any atom is -0.396 e. The maximum atomic E-state index is 9.12. The van der Waals surface area contributed by atoms with Crippen LogP contribution in [0.1, 0.15) is 23.3 Å². The first-order chi connectivity index (χ1) is 8.83. The second-order valence-electron chi connectivity index (χ2n) is 4.62. The van der Waals surface area contributed by atoms with Gasteiger partial charge in [-0.15, -0.1) is 11.3 Å². The highest BCUT2D eigenvalue weighted by molar-refractivity contribution is 7.10. The van der Waals surface area contributed by atoms with Gasteiger partial charge in [-0.05, 0) is 43.3 Å². The first-order valence-electron chi connectivity index (χ1n) is 6.32. The SMILES string of the molecule is OCC#Cc1ccsc1CN1CCC(CO)CC1. The number of rotatable bonds is 3. The molecule has 2 N–H and O–H groups in total. The van der Waals surface area contributed by atoms with Crippen molar-refractivity contribution in [1.29, 1.82) is 0 Å². The van der Waals surface area contributed by atoms with Crippen molar-refractivity contribution in [3.63, 3.8) is 0 Å². The fraction of sp³-hybridized carbons (Fsp3) is 0.571. The molecule has 1 fully saturated rings. The van der Waals surface area contributed by atoms with Gasteiger partial charge in [-0.25, -0.2) is 0 Å². The lowest BCUT2D eigenvalue weighted by atomic mass is 9.98. The summed E-state index contributed by atoms with van der Waals surface area (Å²) in [7, 11) is 0. The Hall–Kier alpha value is -0.860. The summed E-state index contributed by atoms with van der Waals surface area (Å²) in [6.45, 7) is 3.27. The van der Waals surface area contributed by atoms with Crippen LogP contribution in [0, 0.1) is 17.8 Å². The van der Waals surface area contributed by atoms with Crippen LogP contribution < -0.4 is 0 Å². The van der Waals surface area contributed by atoms with Crippen molar-refractivity contribution in [2.75, 3.05) is 26.3 Å². The zero-order chi connectivity index (χ0) is 12.8. The highest BCUT2D eigenvalue weighted by atomic mass is 32.1. The van der Waals surface area contributed by atoms with Gasteiger partial charge < -0.3 is 10.2 Å². The molecule has 4 heteroatoms. The number of nitrogens with zero attached hydrogens (tertiary/aromatic N) is 1. The van der Waals surface area contributed by atoms with Crippen LogP contribution >= 0.6 is 11.3 Å². The smallest absolute Gasteiger partial charge is 0.104 e. The second-order valence-corrected chi connectivity index (χ2v) is 5.62. The molecule has 0 aliphatic carbocycles. The molecule has 1 aliphatic rings. The molecule has 0 unspecified atom stereocenters. The molecule has 0 saturated carbocycles. The van der Waals surface area contributed by atoms with Crippen LogP contribution in [0.15, 0.2) is 11.4 Å². The van der Waals surface area contributed by atoms with Crippen molar-refractivity contribution in [3.05, 3.63) is 21.9 Å². The van der Waals surface area contributed by atoms with Crippen molar-refractivity contribution in [1.82, 2.24) is 4.90 Å². The van der Waals surface area contributed by atoms with E-state index in [1.54, 1.807) is 11.3 Å². The minimum atomic E-state index is -0.0861. The van der Waals surface area contributed by atoms with Crippen LogP contribution in [0.4, 0.5) is 0 Å².